The van der Waals surface area contributed by atoms with Crippen molar-refractivity contribution >= 4 is 77.2 Å². The van der Waals surface area contributed by atoms with E-state index >= 15 is 0 Å². The summed E-state index contributed by atoms with van der Waals surface area (Å²) in [5, 5.41) is 0. The van der Waals surface area contributed by atoms with E-state index in [9.17, 15) is 0 Å². The van der Waals surface area contributed by atoms with E-state index in [1.807, 2.05) is 6.07 Å². The van der Waals surface area contributed by atoms with E-state index in [-0.39, 0.29) is 0 Å². The summed E-state index contributed by atoms with van der Waals surface area (Å²) in [7, 11) is 6.61. The fourth-order valence-electron chi connectivity index (χ4n) is 4.55. The molecular weight excluding hydrogens is 537 g/mol. The lowest BCUT2D eigenvalue weighted by atomic mass is 10.1. The van der Waals surface area contributed by atoms with E-state index in [0.29, 0.717) is 0 Å². The van der Waals surface area contributed by atoms with Crippen LogP contribution in [-0.4, -0.2) is 91.5 Å². The Balaban J connectivity index is 3.64. The highest BCUT2D eigenvalue weighted by atomic mass is 30.4. The van der Waals surface area contributed by atoms with Crippen LogP contribution < -0.4 is 9.47 Å². The van der Waals surface area contributed by atoms with Crippen LogP contribution in [0.15, 0.2) is 12.1 Å². The van der Waals surface area contributed by atoms with Crippen LogP contribution in [0.5, 0.6) is 11.5 Å². The molecule has 14 heteroatoms. The van der Waals surface area contributed by atoms with Gasteiger partial charge in [0.25, 0.3) is 0 Å². The monoisotopic (exact) mass is 570 g/mol. The Morgan fingerprint density at radius 2 is 1.42 bits per heavy atom. The van der Waals surface area contributed by atoms with Gasteiger partial charge in [-0.05, 0) is 65.9 Å². The van der Waals surface area contributed by atoms with E-state index in [1.165, 1.54) is 40.4 Å². The van der Waals surface area contributed by atoms with E-state index in [1.54, 1.807) is 14.2 Å². The molecule has 1 aromatic rings. The van der Waals surface area contributed by atoms with Gasteiger partial charge in [0.2, 0.25) is 6.87 Å². The first-order valence-corrected chi connectivity index (χ1v) is 38.4. The van der Waals surface area contributed by atoms with Crippen molar-refractivity contribution in [1.82, 2.24) is 0 Å². The Morgan fingerprint density at radius 1 is 0.903 bits per heavy atom. The first-order valence-electron chi connectivity index (χ1n) is 10.0. The van der Waals surface area contributed by atoms with Crippen molar-refractivity contribution in [3.63, 3.8) is 0 Å². The number of aryl methyl sites for hydroxylation is 2. The number of methoxy groups -OCH3 is 2. The van der Waals surface area contributed by atoms with Crippen LogP contribution in [0.2, 0.25) is 6.04 Å². The quantitative estimate of drug-likeness (QED) is 0.197. The summed E-state index contributed by atoms with van der Waals surface area (Å²) in [6.07, 6.45) is 23.9. The van der Waals surface area contributed by atoms with Crippen molar-refractivity contribution in [1.29, 1.82) is 0 Å². The summed E-state index contributed by atoms with van der Waals surface area (Å²) in [4.78, 5) is 0. The molecule has 168 valence electrons. The normalized spacial score (nSPS) is 16.8. The number of hydrogen-bond donors (Lipinski definition) is 0. The van der Waals surface area contributed by atoms with Crippen LogP contribution in [0.1, 0.15) is 11.1 Å². The second-order valence-corrected chi connectivity index (χ2v) is 116. The molecule has 0 aromatic heterocycles. The second kappa shape index (κ2) is 11.6. The molecule has 0 fully saturated rings. The summed E-state index contributed by atoms with van der Waals surface area (Å²) >= 11 is 0. The molecule has 31 heavy (non-hydrogen) atoms. The molecule has 1 atom stereocenters. The molecule has 0 saturated carbocycles. The third-order valence-electron chi connectivity index (χ3n) is 6.11. The molecule has 0 amide bonds. The molecule has 1 unspecified atom stereocenters. The predicted molar refractivity (Wildman–Crippen MR) is 157 cm³/mol. The molecule has 0 heterocycles. The molecular formula is C17H34O5Si9. The molecule has 1 rings (SSSR count). The highest BCUT2D eigenvalue weighted by Gasteiger charge is 2.67. The van der Waals surface area contributed by atoms with Crippen LogP contribution in [0.4, 0.5) is 0 Å². The number of benzene rings is 1. The van der Waals surface area contributed by atoms with E-state index < -0.39 is 28.4 Å². The topological polar surface area (TPSA) is 46.2 Å². The van der Waals surface area contributed by atoms with Crippen LogP contribution >= 0.6 is 0 Å². The van der Waals surface area contributed by atoms with Crippen LogP contribution in [0.25, 0.3) is 0 Å². The Labute approximate surface area is 205 Å². The summed E-state index contributed by atoms with van der Waals surface area (Å²) in [6, 6.07) is 5.18. The third kappa shape index (κ3) is 6.01. The van der Waals surface area contributed by atoms with Crippen molar-refractivity contribution in [2.45, 2.75) is 19.4 Å². The largest absolute Gasteiger partial charge is 0.514 e. The summed E-state index contributed by atoms with van der Waals surface area (Å²) < 4.78 is 29.2. The molecule has 0 saturated heterocycles. The van der Waals surface area contributed by atoms with Gasteiger partial charge in [0, 0.05) is 25.7 Å². The summed E-state index contributed by atoms with van der Waals surface area (Å²) in [5.74, 6) is 1.49. The van der Waals surface area contributed by atoms with Gasteiger partial charge in [-0.3, -0.25) is 0 Å². The lowest BCUT2D eigenvalue weighted by molar-refractivity contribution is 0.354. The van der Waals surface area contributed by atoms with Gasteiger partial charge in [-0.2, -0.15) is 0 Å². The van der Waals surface area contributed by atoms with Crippen molar-refractivity contribution < 1.29 is 22.8 Å². The fourth-order valence-corrected chi connectivity index (χ4v) is 273. The van der Waals surface area contributed by atoms with Crippen molar-refractivity contribution in [2.75, 3.05) is 14.2 Å². The zero-order valence-electron chi connectivity index (χ0n) is 19.9. The third-order valence-corrected chi connectivity index (χ3v) is 155. The maximum atomic E-state index is 6.24. The van der Waals surface area contributed by atoms with Gasteiger partial charge in [-0.25, -0.2) is 0 Å². The number of hydrogen-bond acceptors (Lipinski definition) is 5. The Bertz CT molecular complexity index is 881. The van der Waals surface area contributed by atoms with E-state index in [0.717, 1.165) is 43.5 Å². The first-order chi connectivity index (χ1) is 14.4. The average molecular weight is 571 g/mol. The highest BCUT2D eigenvalue weighted by Crippen LogP contribution is 2.34. The molecule has 0 N–H and O–H groups in total. The van der Waals surface area contributed by atoms with Crippen LogP contribution in [0, 0.1) is 44.5 Å². The summed E-state index contributed by atoms with van der Waals surface area (Å²) in [5.41, 5.74) is 2.43. The predicted octanol–water partition coefficient (Wildman–Crippen LogP) is -5.01. The average Bonchev–Trinajstić information content (AvgIpc) is 2.68. The Morgan fingerprint density at radius 3 is 1.84 bits per heavy atom. The molecule has 5 nitrogen and oxygen atoms in total. The van der Waals surface area contributed by atoms with Gasteiger partial charge < -0.3 is 22.8 Å². The first kappa shape index (κ1) is 27.9. The van der Waals surface area contributed by atoms with E-state index in [2.05, 4.69) is 31.3 Å². The Kier molecular flexibility index (Phi) is 10.5. The van der Waals surface area contributed by atoms with Crippen LogP contribution in [-0.2, 0) is 19.7 Å². The molecule has 0 aliphatic heterocycles. The maximum Gasteiger partial charge on any atom is 0.432 e. The van der Waals surface area contributed by atoms with Crippen LogP contribution in [0.3, 0.4) is 0 Å². The van der Waals surface area contributed by atoms with Crippen molar-refractivity contribution in [2.24, 2.45) is 0 Å². The highest BCUT2D eigenvalue weighted by molar-refractivity contribution is 8.11. The zero-order valence-corrected chi connectivity index (χ0v) is 34.1. The van der Waals surface area contributed by atoms with Gasteiger partial charge in [0.05, 0.1) is 32.5 Å². The van der Waals surface area contributed by atoms with Crippen molar-refractivity contribution in [3.05, 3.63) is 23.3 Å². The lowest BCUT2D eigenvalue weighted by Gasteiger charge is -2.50. The van der Waals surface area contributed by atoms with Gasteiger partial charge >= 0.3 is 8.80 Å². The molecule has 0 bridgehead atoms. The fraction of sp³-hybridized carbons (Fsp3) is 0.294. The zero-order chi connectivity index (χ0) is 23.9. The molecule has 1 aromatic carbocycles. The summed E-state index contributed by atoms with van der Waals surface area (Å²) in [6.45, 7) is -2.06. The van der Waals surface area contributed by atoms with Crippen molar-refractivity contribution in [3.8, 4) is 49.1 Å². The van der Waals surface area contributed by atoms with Gasteiger partial charge in [0.15, 0.2) is 18.1 Å². The number of rotatable bonds is 11. The minimum atomic E-state index is -2.27. The smallest absolute Gasteiger partial charge is 0.432 e. The Hall–Kier alpha value is -1.15. The van der Waals surface area contributed by atoms with Gasteiger partial charge in [-0.15, -0.1) is 0 Å². The molecule has 0 aliphatic rings. The van der Waals surface area contributed by atoms with E-state index in [4.69, 9.17) is 42.0 Å². The maximum absolute atomic E-state index is 6.24. The number of terminal acetylenes is 3. The minimum Gasteiger partial charge on any atom is -0.514 e. The SMILES string of the molecule is C#CO[SiH](OC#C)[Si](CCc1cc(OC)c(OC)cc1C)([Si]([SiH3])([SiH3])[SiH3])[Si]([SiH3])([SiH3])OC#C. The molecule has 0 radical (unpaired) electrons. The molecule has 0 aliphatic carbocycles. The lowest BCUT2D eigenvalue weighted by Crippen LogP contribution is -2.88. The molecule has 0 spiro atoms. The standard InChI is InChI=1S/C17H34O5Si9/c1-7-20-28(21-8-2)29(31(25,26)27,30(23,24)22-9-3)11-10-15-13-17(19-6)16(18-5)12-14(15)4/h1-3,12-13,28H,10-11H2,4-6,23-27H3. The minimum absolute atomic E-state index is 0.744. The van der Waals surface area contributed by atoms with Gasteiger partial charge in [-0.1, -0.05) is 25.3 Å². The second-order valence-electron chi connectivity index (χ2n) is 8.89. The van der Waals surface area contributed by atoms with Gasteiger partial charge in [0.1, 0.15) is 0 Å². The number of ether oxygens (including phenoxy) is 2.